The van der Waals surface area contributed by atoms with Crippen molar-refractivity contribution in [3.8, 4) is 0 Å². The third kappa shape index (κ3) is 1.35. The molecule has 3 aliphatic rings. The van der Waals surface area contributed by atoms with Crippen molar-refractivity contribution >= 4 is 5.91 Å². The summed E-state index contributed by atoms with van der Waals surface area (Å²) in [4.78, 5) is 11.6. The van der Waals surface area contributed by atoms with E-state index in [4.69, 9.17) is 4.74 Å². The predicted molar refractivity (Wildman–Crippen MR) is 47.1 cm³/mol. The van der Waals surface area contributed by atoms with Crippen molar-refractivity contribution in [3.05, 3.63) is 0 Å². The molecule has 13 heavy (non-hydrogen) atoms. The van der Waals surface area contributed by atoms with E-state index in [0.717, 1.165) is 24.7 Å². The number of ether oxygens (including phenoxy) is 1. The molecule has 0 aromatic heterocycles. The lowest BCUT2D eigenvalue weighted by atomic mass is 10.0. The molecule has 3 heteroatoms. The molecule has 1 amide bonds. The van der Waals surface area contributed by atoms with Crippen LogP contribution in [0.4, 0.5) is 0 Å². The first-order chi connectivity index (χ1) is 6.33. The van der Waals surface area contributed by atoms with Crippen LogP contribution < -0.4 is 5.32 Å². The quantitative estimate of drug-likeness (QED) is 0.675. The molecule has 1 N–H and O–H groups in total. The first kappa shape index (κ1) is 7.80. The fourth-order valence-electron chi connectivity index (χ4n) is 2.57. The summed E-state index contributed by atoms with van der Waals surface area (Å²) in [5, 5.41) is 3.04. The molecule has 1 saturated heterocycles. The Hall–Kier alpha value is -0.570. The van der Waals surface area contributed by atoms with Gasteiger partial charge in [-0.05, 0) is 31.1 Å². The van der Waals surface area contributed by atoms with Gasteiger partial charge in [0.2, 0.25) is 5.91 Å². The van der Waals surface area contributed by atoms with Crippen LogP contribution in [0.15, 0.2) is 0 Å². The van der Waals surface area contributed by atoms with E-state index in [1.54, 1.807) is 0 Å². The van der Waals surface area contributed by atoms with E-state index in [0.29, 0.717) is 25.2 Å². The minimum Gasteiger partial charge on any atom is -0.377 e. The van der Waals surface area contributed by atoms with Crippen LogP contribution in [0, 0.1) is 17.8 Å². The molecule has 0 radical (unpaired) electrons. The summed E-state index contributed by atoms with van der Waals surface area (Å²) in [5.41, 5.74) is 0. The molecule has 2 aliphatic carbocycles. The molecule has 1 heterocycles. The fraction of sp³-hybridized carbons (Fsp3) is 0.900. The number of rotatable bonds is 2. The molecule has 3 fully saturated rings. The Morgan fingerprint density at radius 3 is 2.38 bits per heavy atom. The van der Waals surface area contributed by atoms with Crippen LogP contribution in [0.2, 0.25) is 0 Å². The van der Waals surface area contributed by atoms with Gasteiger partial charge in [0.25, 0.3) is 0 Å². The Balaban J connectivity index is 1.50. The predicted octanol–water partition coefficient (Wildman–Crippen LogP) is 0.547. The van der Waals surface area contributed by atoms with Gasteiger partial charge >= 0.3 is 0 Å². The lowest BCUT2D eigenvalue weighted by Gasteiger charge is -2.28. The zero-order valence-electron chi connectivity index (χ0n) is 7.66. The maximum Gasteiger partial charge on any atom is 0.223 e. The van der Waals surface area contributed by atoms with E-state index >= 15 is 0 Å². The van der Waals surface area contributed by atoms with Crippen LogP contribution in [0.25, 0.3) is 0 Å². The molecule has 0 aromatic carbocycles. The number of carbonyl (C=O) groups excluding carboxylic acids is 1. The zero-order chi connectivity index (χ0) is 8.84. The number of nitrogens with one attached hydrogen (secondary N) is 1. The lowest BCUT2D eigenvalue weighted by molar-refractivity contribution is -0.129. The van der Waals surface area contributed by atoms with Crippen molar-refractivity contribution in [1.82, 2.24) is 5.32 Å². The van der Waals surface area contributed by atoms with Crippen molar-refractivity contribution in [2.45, 2.75) is 25.3 Å². The van der Waals surface area contributed by atoms with E-state index in [1.807, 2.05) is 0 Å². The van der Waals surface area contributed by atoms with Crippen molar-refractivity contribution in [3.63, 3.8) is 0 Å². The van der Waals surface area contributed by atoms with Crippen LogP contribution in [0.3, 0.4) is 0 Å². The molecule has 0 aromatic rings. The van der Waals surface area contributed by atoms with Gasteiger partial charge in [-0.25, -0.2) is 0 Å². The summed E-state index contributed by atoms with van der Waals surface area (Å²) in [6, 6.07) is 0.310. The number of fused-ring (bicyclic) bond motifs is 1. The SMILES string of the molecule is O=C(NC1COC1)C1CC2CC2C1. The van der Waals surface area contributed by atoms with Gasteiger partial charge < -0.3 is 10.1 Å². The number of amides is 1. The second-order valence-corrected chi connectivity index (χ2v) is 4.67. The van der Waals surface area contributed by atoms with Crippen molar-refractivity contribution in [2.24, 2.45) is 17.8 Å². The molecular weight excluding hydrogens is 166 g/mol. The lowest BCUT2D eigenvalue weighted by Crippen LogP contribution is -2.50. The van der Waals surface area contributed by atoms with E-state index in [1.165, 1.54) is 6.42 Å². The summed E-state index contributed by atoms with van der Waals surface area (Å²) in [7, 11) is 0. The van der Waals surface area contributed by atoms with Gasteiger partial charge in [0.1, 0.15) is 0 Å². The standard InChI is InChI=1S/C10H15NO2/c12-10(11-9-4-13-5-9)8-2-6-1-7(6)3-8/h6-9H,1-5H2,(H,11,12). The van der Waals surface area contributed by atoms with Crippen LogP contribution in [-0.4, -0.2) is 25.2 Å². The van der Waals surface area contributed by atoms with Gasteiger partial charge in [-0.3, -0.25) is 4.79 Å². The highest BCUT2D eigenvalue weighted by molar-refractivity contribution is 5.79. The molecular formula is C10H15NO2. The largest absolute Gasteiger partial charge is 0.377 e. The molecule has 3 rings (SSSR count). The first-order valence-corrected chi connectivity index (χ1v) is 5.21. The van der Waals surface area contributed by atoms with Crippen molar-refractivity contribution in [1.29, 1.82) is 0 Å². The zero-order valence-corrected chi connectivity index (χ0v) is 7.66. The second kappa shape index (κ2) is 2.71. The average molecular weight is 181 g/mol. The fourth-order valence-corrected chi connectivity index (χ4v) is 2.57. The molecule has 1 aliphatic heterocycles. The van der Waals surface area contributed by atoms with Gasteiger partial charge in [-0.15, -0.1) is 0 Å². The summed E-state index contributed by atoms with van der Waals surface area (Å²) >= 11 is 0. The second-order valence-electron chi connectivity index (χ2n) is 4.67. The Bertz CT molecular complexity index is 227. The van der Waals surface area contributed by atoms with Crippen LogP contribution in [-0.2, 0) is 9.53 Å². The summed E-state index contributed by atoms with van der Waals surface area (Å²) in [6.45, 7) is 1.43. The smallest absolute Gasteiger partial charge is 0.223 e. The summed E-state index contributed by atoms with van der Waals surface area (Å²) in [5.74, 6) is 2.40. The highest BCUT2D eigenvalue weighted by Gasteiger charge is 2.48. The number of hydrogen-bond acceptors (Lipinski definition) is 2. The topological polar surface area (TPSA) is 38.3 Å². The summed E-state index contributed by atoms with van der Waals surface area (Å²) < 4.78 is 5.01. The molecule has 2 saturated carbocycles. The van der Waals surface area contributed by atoms with E-state index < -0.39 is 0 Å². The molecule has 0 bridgehead atoms. The van der Waals surface area contributed by atoms with E-state index in [-0.39, 0.29) is 5.91 Å². The minimum absolute atomic E-state index is 0.278. The summed E-state index contributed by atoms with van der Waals surface area (Å²) in [6.07, 6.45) is 3.67. The van der Waals surface area contributed by atoms with Gasteiger partial charge in [0.15, 0.2) is 0 Å². The van der Waals surface area contributed by atoms with E-state index in [9.17, 15) is 4.79 Å². The van der Waals surface area contributed by atoms with Crippen LogP contribution in [0.1, 0.15) is 19.3 Å². The van der Waals surface area contributed by atoms with Crippen molar-refractivity contribution in [2.75, 3.05) is 13.2 Å². The minimum atomic E-state index is 0.278. The molecule has 0 spiro atoms. The molecule has 2 unspecified atom stereocenters. The Labute approximate surface area is 77.8 Å². The monoisotopic (exact) mass is 181 g/mol. The highest BCUT2D eigenvalue weighted by Crippen LogP contribution is 2.54. The number of hydrogen-bond donors (Lipinski definition) is 1. The Kier molecular flexibility index (Phi) is 1.62. The van der Waals surface area contributed by atoms with Crippen molar-refractivity contribution < 1.29 is 9.53 Å². The Morgan fingerprint density at radius 2 is 1.85 bits per heavy atom. The molecule has 2 atom stereocenters. The normalized spacial score (nSPS) is 42.3. The first-order valence-electron chi connectivity index (χ1n) is 5.21. The third-order valence-electron chi connectivity index (χ3n) is 3.60. The number of carbonyl (C=O) groups is 1. The van der Waals surface area contributed by atoms with Crippen LogP contribution in [0.5, 0.6) is 0 Å². The average Bonchev–Trinajstić information content (AvgIpc) is 2.66. The van der Waals surface area contributed by atoms with Gasteiger partial charge in [0.05, 0.1) is 19.3 Å². The molecule has 3 nitrogen and oxygen atoms in total. The van der Waals surface area contributed by atoms with Crippen LogP contribution >= 0.6 is 0 Å². The third-order valence-corrected chi connectivity index (χ3v) is 3.60. The maximum absolute atomic E-state index is 11.6. The highest BCUT2D eigenvalue weighted by atomic mass is 16.5. The van der Waals surface area contributed by atoms with Gasteiger partial charge in [-0.2, -0.15) is 0 Å². The maximum atomic E-state index is 11.6. The molecule has 72 valence electrons. The van der Waals surface area contributed by atoms with E-state index in [2.05, 4.69) is 5.32 Å². The Morgan fingerprint density at radius 1 is 1.15 bits per heavy atom. The van der Waals surface area contributed by atoms with Gasteiger partial charge in [-0.1, -0.05) is 0 Å². The van der Waals surface area contributed by atoms with Gasteiger partial charge in [0, 0.05) is 5.92 Å².